The van der Waals surface area contributed by atoms with Gasteiger partial charge in [-0.1, -0.05) is 0 Å². The smallest absolute Gasteiger partial charge is 0.357 e. The van der Waals surface area contributed by atoms with Gasteiger partial charge in [0.1, 0.15) is 18.4 Å². The zero-order chi connectivity index (χ0) is 16.3. The lowest BCUT2D eigenvalue weighted by Crippen LogP contribution is -2.46. The van der Waals surface area contributed by atoms with Crippen molar-refractivity contribution in [2.24, 2.45) is 0 Å². The molecule has 0 aliphatic heterocycles. The van der Waals surface area contributed by atoms with Gasteiger partial charge in [-0.25, -0.2) is 4.79 Å². The average Bonchev–Trinajstić information content (AvgIpc) is 3.07. The van der Waals surface area contributed by atoms with E-state index in [1.807, 2.05) is 0 Å². The maximum Gasteiger partial charge on any atom is 0.408 e. The number of halogens is 3. The third kappa shape index (κ3) is 5.26. The molecule has 10 heteroatoms. The molecular weight excluding hydrogens is 303 g/mol. The molecule has 122 valence electrons. The lowest BCUT2D eigenvalue weighted by atomic mass is 10.3. The summed E-state index contributed by atoms with van der Waals surface area (Å²) < 4.78 is 37.3. The summed E-state index contributed by atoms with van der Waals surface area (Å²) in [6.45, 7) is 0.265. The Bertz CT molecular complexity index is 553. The van der Waals surface area contributed by atoms with Crippen LogP contribution in [0, 0.1) is 0 Å². The number of hydrogen-bond acceptors (Lipinski definition) is 4. The van der Waals surface area contributed by atoms with Gasteiger partial charge in [0.15, 0.2) is 0 Å². The van der Waals surface area contributed by atoms with Gasteiger partial charge in [0.05, 0.1) is 0 Å². The van der Waals surface area contributed by atoms with E-state index in [1.54, 1.807) is 0 Å². The molecule has 1 aliphatic rings. The van der Waals surface area contributed by atoms with Crippen molar-refractivity contribution in [3.8, 4) is 0 Å². The summed E-state index contributed by atoms with van der Waals surface area (Å²) in [5.41, 5.74) is 0. The summed E-state index contributed by atoms with van der Waals surface area (Å²) in [6.07, 6.45) is -1.43. The minimum Gasteiger partial charge on any atom is -0.357 e. The Hall–Kier alpha value is -2.26. The van der Waals surface area contributed by atoms with Gasteiger partial charge in [-0.15, -0.1) is 0 Å². The summed E-state index contributed by atoms with van der Waals surface area (Å²) >= 11 is 0. The van der Waals surface area contributed by atoms with Crippen molar-refractivity contribution in [2.75, 3.05) is 5.32 Å². The number of hydrogen-bond donors (Lipinski definition) is 3. The Morgan fingerprint density at radius 1 is 1.45 bits per heavy atom. The van der Waals surface area contributed by atoms with Crippen LogP contribution in [-0.2, 0) is 11.3 Å². The van der Waals surface area contributed by atoms with Crippen LogP contribution in [0.25, 0.3) is 0 Å². The molecule has 1 aromatic rings. The first kappa shape index (κ1) is 16.1. The molecule has 1 aliphatic carbocycles. The Kier molecular flexibility index (Phi) is 4.57. The molecule has 1 atom stereocenters. The standard InChI is InChI=1S/C12H16F3N5O2/c1-7(10(21)18-11(22)17-8-2-3-8)16-9-4-5-20(19-9)6-12(13,14)15/h4-5,7-8H,2-3,6H2,1H3,(H,16,19)(H2,17,18,21,22). The fourth-order valence-electron chi connectivity index (χ4n) is 1.67. The lowest BCUT2D eigenvalue weighted by molar-refractivity contribution is -0.142. The highest BCUT2D eigenvalue weighted by Gasteiger charge is 2.28. The topological polar surface area (TPSA) is 88.1 Å². The van der Waals surface area contributed by atoms with Crippen LogP contribution in [0.1, 0.15) is 19.8 Å². The van der Waals surface area contributed by atoms with Gasteiger partial charge in [-0.2, -0.15) is 18.3 Å². The zero-order valence-corrected chi connectivity index (χ0v) is 11.8. The maximum absolute atomic E-state index is 12.2. The first-order valence-corrected chi connectivity index (χ1v) is 6.71. The number of carbonyl (C=O) groups is 2. The van der Waals surface area contributed by atoms with Crippen LogP contribution in [0.5, 0.6) is 0 Å². The Morgan fingerprint density at radius 2 is 2.14 bits per heavy atom. The van der Waals surface area contributed by atoms with Crippen molar-refractivity contribution >= 4 is 17.8 Å². The summed E-state index contributed by atoms with van der Waals surface area (Å²) in [4.78, 5) is 23.2. The molecule has 0 radical (unpaired) electrons. The number of urea groups is 1. The molecule has 22 heavy (non-hydrogen) atoms. The Labute approximate surface area is 124 Å². The third-order valence-electron chi connectivity index (χ3n) is 2.89. The van der Waals surface area contributed by atoms with E-state index in [-0.39, 0.29) is 11.9 Å². The molecule has 3 amide bonds. The molecule has 1 heterocycles. The minimum absolute atomic E-state index is 0.120. The predicted molar refractivity (Wildman–Crippen MR) is 71.1 cm³/mol. The number of nitrogens with zero attached hydrogens (tertiary/aromatic N) is 2. The average molecular weight is 319 g/mol. The Balaban J connectivity index is 1.81. The minimum atomic E-state index is -4.37. The van der Waals surface area contributed by atoms with E-state index in [0.29, 0.717) is 4.68 Å². The van der Waals surface area contributed by atoms with Crippen LogP contribution in [0.3, 0.4) is 0 Å². The van der Waals surface area contributed by atoms with Crippen molar-refractivity contribution in [2.45, 2.75) is 44.6 Å². The highest BCUT2D eigenvalue weighted by atomic mass is 19.4. The first-order chi connectivity index (χ1) is 10.2. The van der Waals surface area contributed by atoms with Gasteiger partial charge in [0.2, 0.25) is 5.91 Å². The normalized spacial score (nSPS) is 16.0. The van der Waals surface area contributed by atoms with Crippen LogP contribution < -0.4 is 16.0 Å². The molecule has 0 aromatic carbocycles. The monoisotopic (exact) mass is 319 g/mol. The molecule has 0 bridgehead atoms. The second-order valence-corrected chi connectivity index (χ2v) is 5.12. The number of rotatable bonds is 5. The molecule has 0 spiro atoms. The quantitative estimate of drug-likeness (QED) is 0.762. The molecule has 1 saturated carbocycles. The number of imide groups is 1. The molecule has 7 nitrogen and oxygen atoms in total. The lowest BCUT2D eigenvalue weighted by Gasteiger charge is -2.13. The van der Waals surface area contributed by atoms with E-state index in [1.165, 1.54) is 13.0 Å². The highest BCUT2D eigenvalue weighted by molar-refractivity contribution is 5.98. The summed E-state index contributed by atoms with van der Waals surface area (Å²) in [7, 11) is 0. The predicted octanol–water partition coefficient (Wildman–Crippen LogP) is 1.23. The van der Waals surface area contributed by atoms with Crippen LogP contribution in [0.15, 0.2) is 12.3 Å². The fraction of sp³-hybridized carbons (Fsp3) is 0.583. The Morgan fingerprint density at radius 3 is 2.73 bits per heavy atom. The van der Waals surface area contributed by atoms with Gasteiger partial charge in [0, 0.05) is 18.3 Å². The molecular formula is C12H16F3N5O2. The van der Waals surface area contributed by atoms with Gasteiger partial charge in [0.25, 0.3) is 0 Å². The third-order valence-corrected chi connectivity index (χ3v) is 2.89. The van der Waals surface area contributed by atoms with Crippen molar-refractivity contribution in [1.82, 2.24) is 20.4 Å². The van der Waals surface area contributed by atoms with Gasteiger partial charge >= 0.3 is 12.2 Å². The van der Waals surface area contributed by atoms with E-state index in [2.05, 4.69) is 21.0 Å². The van der Waals surface area contributed by atoms with Crippen LogP contribution in [0.4, 0.5) is 23.8 Å². The molecule has 3 N–H and O–H groups in total. The van der Waals surface area contributed by atoms with Crippen molar-refractivity contribution < 1.29 is 22.8 Å². The molecule has 0 saturated heterocycles. The second kappa shape index (κ2) is 6.24. The number of carbonyl (C=O) groups excluding carboxylic acids is 2. The summed E-state index contributed by atoms with van der Waals surface area (Å²) in [6, 6.07) is 0.0387. The zero-order valence-electron chi connectivity index (χ0n) is 11.8. The largest absolute Gasteiger partial charge is 0.408 e. The molecule has 2 rings (SSSR count). The highest BCUT2D eigenvalue weighted by Crippen LogP contribution is 2.18. The van der Waals surface area contributed by atoms with E-state index in [0.717, 1.165) is 19.0 Å². The first-order valence-electron chi connectivity index (χ1n) is 6.71. The van der Waals surface area contributed by atoms with E-state index < -0.39 is 30.7 Å². The summed E-state index contributed by atoms with van der Waals surface area (Å²) in [5.74, 6) is -0.474. The molecule has 1 fully saturated rings. The summed E-state index contributed by atoms with van der Waals surface area (Å²) in [5, 5.41) is 11.0. The van der Waals surface area contributed by atoms with Crippen molar-refractivity contribution in [3.05, 3.63) is 12.3 Å². The van der Waals surface area contributed by atoms with Crippen molar-refractivity contribution in [3.63, 3.8) is 0 Å². The van der Waals surface area contributed by atoms with Gasteiger partial charge < -0.3 is 10.6 Å². The number of anilines is 1. The van der Waals surface area contributed by atoms with Crippen LogP contribution in [-0.4, -0.2) is 40.0 Å². The fourth-order valence-corrected chi connectivity index (χ4v) is 1.67. The number of alkyl halides is 3. The number of aromatic nitrogens is 2. The van der Waals surface area contributed by atoms with Crippen LogP contribution >= 0.6 is 0 Å². The van der Waals surface area contributed by atoms with E-state index in [9.17, 15) is 22.8 Å². The molecule has 1 unspecified atom stereocenters. The van der Waals surface area contributed by atoms with Crippen LogP contribution in [0.2, 0.25) is 0 Å². The SMILES string of the molecule is CC(Nc1ccn(CC(F)(F)F)n1)C(=O)NC(=O)NC1CC1. The molecule has 1 aromatic heterocycles. The van der Waals surface area contributed by atoms with Gasteiger partial charge in [-0.3, -0.25) is 14.8 Å². The van der Waals surface area contributed by atoms with E-state index in [4.69, 9.17) is 0 Å². The second-order valence-electron chi connectivity index (χ2n) is 5.12. The number of amides is 3. The van der Waals surface area contributed by atoms with Gasteiger partial charge in [-0.05, 0) is 19.8 Å². The maximum atomic E-state index is 12.2. The van der Waals surface area contributed by atoms with E-state index >= 15 is 0 Å². The van der Waals surface area contributed by atoms with Crippen molar-refractivity contribution in [1.29, 1.82) is 0 Å². The number of nitrogens with one attached hydrogen (secondary N) is 3.